The summed E-state index contributed by atoms with van der Waals surface area (Å²) in [7, 11) is 0. The summed E-state index contributed by atoms with van der Waals surface area (Å²) in [4.78, 5) is 2.45. The Morgan fingerprint density at radius 1 is 1.50 bits per heavy atom. The van der Waals surface area contributed by atoms with E-state index in [1.165, 1.54) is 19.5 Å². The van der Waals surface area contributed by atoms with Gasteiger partial charge in [-0.15, -0.1) is 6.58 Å². The highest BCUT2D eigenvalue weighted by atomic mass is 15.1. The molecule has 0 bridgehead atoms. The predicted molar refractivity (Wildman–Crippen MR) is 45.0 cm³/mol. The Bertz CT molecular complexity index is 127. The lowest BCUT2D eigenvalue weighted by Crippen LogP contribution is -2.27. The molecule has 0 N–H and O–H groups in total. The van der Waals surface area contributed by atoms with Gasteiger partial charge in [0.25, 0.3) is 0 Å². The fraction of sp³-hybridized carbons (Fsp3) is 0.556. The molecule has 0 aromatic rings. The van der Waals surface area contributed by atoms with E-state index in [9.17, 15) is 0 Å². The van der Waals surface area contributed by atoms with E-state index >= 15 is 0 Å². The van der Waals surface area contributed by atoms with Gasteiger partial charge in [0.1, 0.15) is 0 Å². The van der Waals surface area contributed by atoms with Crippen LogP contribution in [-0.4, -0.2) is 24.5 Å². The minimum Gasteiger partial charge on any atom is -0.299 e. The Labute approximate surface area is 63.0 Å². The minimum atomic E-state index is 1.12. The summed E-state index contributed by atoms with van der Waals surface area (Å²) in [6, 6.07) is 0. The molecule has 1 rings (SSSR count). The summed E-state index contributed by atoms with van der Waals surface area (Å²) in [5, 5.41) is 0. The SMILES string of the molecule is C=CCCN1CC=CCC1. The summed E-state index contributed by atoms with van der Waals surface area (Å²) in [6.45, 7) is 7.23. The molecule has 1 aliphatic heterocycles. The Hall–Kier alpha value is -0.560. The lowest BCUT2D eigenvalue weighted by Gasteiger charge is -2.21. The van der Waals surface area contributed by atoms with Gasteiger partial charge in [-0.1, -0.05) is 18.2 Å². The lowest BCUT2D eigenvalue weighted by molar-refractivity contribution is 0.305. The van der Waals surface area contributed by atoms with Crippen molar-refractivity contribution in [3.05, 3.63) is 24.8 Å². The van der Waals surface area contributed by atoms with Crippen LogP contribution < -0.4 is 0 Å². The summed E-state index contributed by atoms with van der Waals surface area (Å²) in [5.41, 5.74) is 0. The zero-order chi connectivity index (χ0) is 7.23. The van der Waals surface area contributed by atoms with Crippen LogP contribution in [0.2, 0.25) is 0 Å². The number of rotatable bonds is 3. The Kier molecular flexibility index (Phi) is 3.23. The zero-order valence-corrected chi connectivity index (χ0v) is 6.42. The smallest absolute Gasteiger partial charge is 0.0163 e. The minimum absolute atomic E-state index is 1.12. The molecule has 0 saturated heterocycles. The Morgan fingerprint density at radius 2 is 2.40 bits per heavy atom. The van der Waals surface area contributed by atoms with Crippen molar-refractivity contribution in [1.82, 2.24) is 4.90 Å². The van der Waals surface area contributed by atoms with Gasteiger partial charge in [-0.05, 0) is 12.8 Å². The van der Waals surface area contributed by atoms with Crippen LogP contribution in [0.1, 0.15) is 12.8 Å². The standard InChI is InChI=1S/C9H15N/c1-2-3-7-10-8-5-4-6-9-10/h2,4-5H,1,3,6-9H2. The Morgan fingerprint density at radius 3 is 3.00 bits per heavy atom. The molecular formula is C9H15N. The summed E-state index contributed by atoms with van der Waals surface area (Å²) in [6.07, 6.45) is 8.82. The van der Waals surface area contributed by atoms with E-state index in [0.29, 0.717) is 0 Å². The van der Waals surface area contributed by atoms with E-state index in [0.717, 1.165) is 13.0 Å². The van der Waals surface area contributed by atoms with Gasteiger partial charge >= 0.3 is 0 Å². The van der Waals surface area contributed by atoms with E-state index in [1.54, 1.807) is 0 Å². The first-order valence-electron chi connectivity index (χ1n) is 3.92. The zero-order valence-electron chi connectivity index (χ0n) is 6.42. The van der Waals surface area contributed by atoms with Crippen molar-refractivity contribution >= 4 is 0 Å². The Balaban J connectivity index is 2.15. The first-order valence-corrected chi connectivity index (χ1v) is 3.92. The monoisotopic (exact) mass is 137 g/mol. The van der Waals surface area contributed by atoms with Crippen molar-refractivity contribution in [2.75, 3.05) is 19.6 Å². The number of hydrogen-bond donors (Lipinski definition) is 0. The molecule has 1 aliphatic rings. The van der Waals surface area contributed by atoms with Crippen molar-refractivity contribution in [2.45, 2.75) is 12.8 Å². The second kappa shape index (κ2) is 4.29. The molecule has 0 radical (unpaired) electrons. The molecule has 1 heteroatoms. The van der Waals surface area contributed by atoms with E-state index in [1.807, 2.05) is 6.08 Å². The number of nitrogens with zero attached hydrogens (tertiary/aromatic N) is 1. The quantitative estimate of drug-likeness (QED) is 0.536. The van der Waals surface area contributed by atoms with Crippen LogP contribution in [0.4, 0.5) is 0 Å². The third-order valence-electron chi connectivity index (χ3n) is 1.79. The summed E-state index contributed by atoms with van der Waals surface area (Å²) in [5.74, 6) is 0. The second-order valence-corrected chi connectivity index (χ2v) is 2.64. The van der Waals surface area contributed by atoms with Gasteiger partial charge in [0.2, 0.25) is 0 Å². The number of hydrogen-bond acceptors (Lipinski definition) is 1. The van der Waals surface area contributed by atoms with E-state index in [2.05, 4.69) is 23.6 Å². The van der Waals surface area contributed by atoms with Gasteiger partial charge in [-0.2, -0.15) is 0 Å². The molecule has 0 unspecified atom stereocenters. The van der Waals surface area contributed by atoms with Gasteiger partial charge in [0.15, 0.2) is 0 Å². The first-order chi connectivity index (χ1) is 4.93. The van der Waals surface area contributed by atoms with Crippen LogP contribution in [0.5, 0.6) is 0 Å². The van der Waals surface area contributed by atoms with Crippen molar-refractivity contribution in [1.29, 1.82) is 0 Å². The van der Waals surface area contributed by atoms with Crippen molar-refractivity contribution in [3.63, 3.8) is 0 Å². The van der Waals surface area contributed by atoms with Crippen LogP contribution in [-0.2, 0) is 0 Å². The van der Waals surface area contributed by atoms with Gasteiger partial charge in [0.05, 0.1) is 0 Å². The fourth-order valence-corrected chi connectivity index (χ4v) is 1.17. The van der Waals surface area contributed by atoms with Gasteiger partial charge in [-0.3, -0.25) is 4.90 Å². The van der Waals surface area contributed by atoms with Gasteiger partial charge in [-0.25, -0.2) is 0 Å². The van der Waals surface area contributed by atoms with E-state index < -0.39 is 0 Å². The highest BCUT2D eigenvalue weighted by Gasteiger charge is 2.02. The molecule has 0 aromatic carbocycles. The molecule has 0 atom stereocenters. The molecule has 56 valence electrons. The predicted octanol–water partition coefficient (Wildman–Crippen LogP) is 1.82. The molecule has 10 heavy (non-hydrogen) atoms. The molecule has 0 fully saturated rings. The maximum Gasteiger partial charge on any atom is 0.0163 e. The average molecular weight is 137 g/mol. The summed E-state index contributed by atoms with van der Waals surface area (Å²) < 4.78 is 0. The van der Waals surface area contributed by atoms with Gasteiger partial charge in [0, 0.05) is 19.6 Å². The fourth-order valence-electron chi connectivity index (χ4n) is 1.17. The molecule has 1 heterocycles. The molecule has 0 saturated carbocycles. The second-order valence-electron chi connectivity index (χ2n) is 2.64. The third kappa shape index (κ3) is 2.36. The molecule has 0 amide bonds. The van der Waals surface area contributed by atoms with Gasteiger partial charge < -0.3 is 0 Å². The highest BCUT2D eigenvalue weighted by molar-refractivity contribution is 4.91. The summed E-state index contributed by atoms with van der Waals surface area (Å²) >= 11 is 0. The van der Waals surface area contributed by atoms with E-state index in [4.69, 9.17) is 0 Å². The van der Waals surface area contributed by atoms with Crippen molar-refractivity contribution in [3.8, 4) is 0 Å². The van der Waals surface area contributed by atoms with Crippen LogP contribution >= 0.6 is 0 Å². The molecule has 0 aliphatic carbocycles. The average Bonchev–Trinajstić information content (AvgIpc) is 2.03. The molecular weight excluding hydrogens is 122 g/mol. The van der Waals surface area contributed by atoms with Crippen molar-refractivity contribution < 1.29 is 0 Å². The van der Waals surface area contributed by atoms with Crippen LogP contribution in [0.25, 0.3) is 0 Å². The largest absolute Gasteiger partial charge is 0.299 e. The van der Waals surface area contributed by atoms with Crippen LogP contribution in [0.3, 0.4) is 0 Å². The topological polar surface area (TPSA) is 3.24 Å². The maximum atomic E-state index is 3.70. The third-order valence-corrected chi connectivity index (χ3v) is 1.79. The molecule has 1 nitrogen and oxygen atoms in total. The molecule has 0 aromatic heterocycles. The lowest BCUT2D eigenvalue weighted by atomic mass is 10.2. The maximum absolute atomic E-state index is 3.70. The molecule has 0 spiro atoms. The normalized spacial score (nSPS) is 19.2. The van der Waals surface area contributed by atoms with Crippen LogP contribution in [0.15, 0.2) is 24.8 Å². The van der Waals surface area contributed by atoms with E-state index in [-0.39, 0.29) is 0 Å². The first kappa shape index (κ1) is 7.55. The van der Waals surface area contributed by atoms with Crippen molar-refractivity contribution in [2.24, 2.45) is 0 Å². The van der Waals surface area contributed by atoms with Crippen LogP contribution in [0, 0.1) is 0 Å². The highest BCUT2D eigenvalue weighted by Crippen LogP contribution is 2.01.